The largest absolute Gasteiger partial charge is 0.444 e. The van der Waals surface area contributed by atoms with Crippen LogP contribution in [0.5, 0.6) is 0 Å². The summed E-state index contributed by atoms with van der Waals surface area (Å²) in [5.41, 5.74) is -0.692. The van der Waals surface area contributed by atoms with Gasteiger partial charge in [0.2, 0.25) is 5.82 Å². The molecule has 0 aliphatic rings. The van der Waals surface area contributed by atoms with Crippen molar-refractivity contribution in [2.45, 2.75) is 6.61 Å². The van der Waals surface area contributed by atoms with E-state index < -0.39 is 40.9 Å². The molecule has 1 amide bonds. The molecule has 1 N–H and O–H groups in total. The topological polar surface area (TPSA) is 62.1 Å². The Morgan fingerprint density at radius 1 is 0.958 bits per heavy atom. The Bertz CT molecular complexity index is 802. The quantitative estimate of drug-likeness (QED) is 0.521. The number of halogens is 5. The van der Waals surface area contributed by atoms with E-state index in [4.69, 9.17) is 5.26 Å². The number of hydrogen-bond acceptors (Lipinski definition) is 3. The van der Waals surface area contributed by atoms with Crippen LogP contribution in [0.15, 0.2) is 24.3 Å². The maximum atomic E-state index is 13.4. The van der Waals surface area contributed by atoms with Crippen molar-refractivity contribution in [2.24, 2.45) is 0 Å². The van der Waals surface area contributed by atoms with Crippen LogP contribution >= 0.6 is 0 Å². The lowest BCUT2D eigenvalue weighted by Gasteiger charge is -2.10. The molecule has 2 aromatic rings. The fourth-order valence-electron chi connectivity index (χ4n) is 1.68. The number of rotatable bonds is 3. The SMILES string of the molecule is N#Cc1ccc(COC(=O)Nc2c(F)c(F)c(F)c(F)c2F)cc1. The Hall–Kier alpha value is -3.15. The van der Waals surface area contributed by atoms with Gasteiger partial charge in [-0.2, -0.15) is 5.26 Å². The number of benzene rings is 2. The highest BCUT2D eigenvalue weighted by atomic mass is 19.2. The summed E-state index contributed by atoms with van der Waals surface area (Å²) in [5.74, 6) is -11.1. The van der Waals surface area contributed by atoms with E-state index in [1.165, 1.54) is 29.6 Å². The van der Waals surface area contributed by atoms with E-state index in [9.17, 15) is 26.7 Å². The van der Waals surface area contributed by atoms with Gasteiger partial charge in [0, 0.05) is 0 Å². The molecule has 0 bridgehead atoms. The van der Waals surface area contributed by atoms with Crippen LogP contribution < -0.4 is 5.32 Å². The molecular formula is C15H7F5N2O2. The van der Waals surface area contributed by atoms with Crippen LogP contribution in [0, 0.1) is 40.4 Å². The lowest BCUT2D eigenvalue weighted by Crippen LogP contribution is -2.17. The van der Waals surface area contributed by atoms with Gasteiger partial charge >= 0.3 is 6.09 Å². The van der Waals surface area contributed by atoms with Crippen molar-refractivity contribution in [3.05, 3.63) is 64.5 Å². The molecule has 9 heteroatoms. The summed E-state index contributed by atoms with van der Waals surface area (Å²) in [5, 5.41) is 10.1. The van der Waals surface area contributed by atoms with Gasteiger partial charge < -0.3 is 4.74 Å². The molecule has 0 saturated carbocycles. The summed E-state index contributed by atoms with van der Waals surface area (Å²) in [7, 11) is 0. The average Bonchev–Trinajstić information content (AvgIpc) is 2.60. The summed E-state index contributed by atoms with van der Waals surface area (Å²) in [4.78, 5) is 11.5. The minimum atomic E-state index is -2.33. The zero-order chi connectivity index (χ0) is 17.9. The molecule has 0 aliphatic heterocycles. The van der Waals surface area contributed by atoms with E-state index in [-0.39, 0.29) is 6.61 Å². The van der Waals surface area contributed by atoms with Gasteiger partial charge in [-0.15, -0.1) is 0 Å². The van der Waals surface area contributed by atoms with Crippen LogP contribution in [0.4, 0.5) is 32.4 Å². The Labute approximate surface area is 132 Å². The molecule has 0 unspecified atom stereocenters. The average molecular weight is 342 g/mol. The molecule has 0 aliphatic carbocycles. The first kappa shape index (κ1) is 17.2. The third kappa shape index (κ3) is 3.43. The number of carbonyl (C=O) groups is 1. The Morgan fingerprint density at radius 3 is 1.96 bits per heavy atom. The molecule has 24 heavy (non-hydrogen) atoms. The Balaban J connectivity index is 2.09. The van der Waals surface area contributed by atoms with Gasteiger partial charge in [0.15, 0.2) is 23.3 Å². The van der Waals surface area contributed by atoms with Crippen molar-refractivity contribution >= 4 is 11.8 Å². The highest BCUT2D eigenvalue weighted by Crippen LogP contribution is 2.27. The van der Waals surface area contributed by atoms with E-state index >= 15 is 0 Å². The lowest BCUT2D eigenvalue weighted by atomic mass is 10.2. The van der Waals surface area contributed by atoms with Crippen LogP contribution in [-0.2, 0) is 11.3 Å². The molecule has 0 atom stereocenters. The molecule has 0 aromatic heterocycles. The van der Waals surface area contributed by atoms with Crippen LogP contribution in [-0.4, -0.2) is 6.09 Å². The molecule has 4 nitrogen and oxygen atoms in total. The zero-order valence-electron chi connectivity index (χ0n) is 11.7. The number of nitrogens with one attached hydrogen (secondary N) is 1. The minimum absolute atomic E-state index is 0.340. The second kappa shape index (κ2) is 6.95. The first-order valence-corrected chi connectivity index (χ1v) is 6.29. The molecular weight excluding hydrogens is 335 g/mol. The molecule has 0 radical (unpaired) electrons. The smallest absolute Gasteiger partial charge is 0.412 e. The van der Waals surface area contributed by atoms with Gasteiger partial charge in [0.1, 0.15) is 12.3 Å². The maximum Gasteiger partial charge on any atom is 0.412 e. The van der Waals surface area contributed by atoms with Gasteiger partial charge in [-0.25, -0.2) is 26.7 Å². The normalized spacial score (nSPS) is 10.2. The fraction of sp³-hybridized carbons (Fsp3) is 0.0667. The Kier molecular flexibility index (Phi) is 4.99. The van der Waals surface area contributed by atoms with Gasteiger partial charge in [0.05, 0.1) is 11.6 Å². The number of nitrogens with zero attached hydrogens (tertiary/aromatic N) is 1. The minimum Gasteiger partial charge on any atom is -0.444 e. The van der Waals surface area contributed by atoms with Crippen molar-refractivity contribution in [2.75, 3.05) is 5.32 Å². The van der Waals surface area contributed by atoms with E-state index in [0.29, 0.717) is 11.1 Å². The molecule has 0 saturated heterocycles. The van der Waals surface area contributed by atoms with Crippen molar-refractivity contribution in [1.29, 1.82) is 5.26 Å². The number of anilines is 1. The summed E-state index contributed by atoms with van der Waals surface area (Å²) in [6.07, 6.45) is -1.41. The monoisotopic (exact) mass is 342 g/mol. The number of amides is 1. The third-order valence-corrected chi connectivity index (χ3v) is 2.89. The number of carbonyl (C=O) groups excluding carboxylic acids is 1. The zero-order valence-corrected chi connectivity index (χ0v) is 11.7. The van der Waals surface area contributed by atoms with Crippen molar-refractivity contribution in [3.8, 4) is 6.07 Å². The highest BCUT2D eigenvalue weighted by Gasteiger charge is 2.27. The van der Waals surface area contributed by atoms with E-state index in [0.717, 1.165) is 0 Å². The number of nitriles is 1. The second-order valence-electron chi connectivity index (χ2n) is 4.45. The predicted molar refractivity (Wildman–Crippen MR) is 71.2 cm³/mol. The second-order valence-corrected chi connectivity index (χ2v) is 4.45. The first-order valence-electron chi connectivity index (χ1n) is 6.29. The van der Waals surface area contributed by atoms with E-state index in [2.05, 4.69) is 4.74 Å². The van der Waals surface area contributed by atoms with Gasteiger partial charge in [-0.1, -0.05) is 12.1 Å². The standard InChI is InChI=1S/C15H7F5N2O2/c16-9-10(17)12(19)14(13(20)11(9)18)22-15(23)24-6-8-3-1-7(5-21)2-4-8/h1-4H,6H2,(H,22,23). The van der Waals surface area contributed by atoms with E-state index in [1.807, 2.05) is 6.07 Å². The van der Waals surface area contributed by atoms with Gasteiger partial charge in [-0.05, 0) is 17.7 Å². The lowest BCUT2D eigenvalue weighted by molar-refractivity contribution is 0.154. The van der Waals surface area contributed by atoms with Crippen LogP contribution in [0.2, 0.25) is 0 Å². The molecule has 0 spiro atoms. The van der Waals surface area contributed by atoms with Gasteiger partial charge in [-0.3, -0.25) is 5.32 Å². The molecule has 0 fully saturated rings. The number of hydrogen-bond donors (Lipinski definition) is 1. The predicted octanol–water partition coefficient (Wildman–Crippen LogP) is 4.00. The molecule has 0 heterocycles. The van der Waals surface area contributed by atoms with Crippen molar-refractivity contribution in [1.82, 2.24) is 0 Å². The summed E-state index contributed by atoms with van der Waals surface area (Å²) in [6.45, 7) is -0.340. The first-order chi connectivity index (χ1) is 11.3. The highest BCUT2D eigenvalue weighted by molar-refractivity contribution is 5.85. The van der Waals surface area contributed by atoms with E-state index in [1.54, 1.807) is 0 Å². The summed E-state index contributed by atoms with van der Waals surface area (Å²) in [6, 6.07) is 7.69. The van der Waals surface area contributed by atoms with Crippen LogP contribution in [0.25, 0.3) is 0 Å². The Morgan fingerprint density at radius 2 is 1.46 bits per heavy atom. The summed E-state index contributed by atoms with van der Waals surface area (Å²) >= 11 is 0. The molecule has 124 valence electrons. The fourth-order valence-corrected chi connectivity index (χ4v) is 1.68. The molecule has 2 rings (SSSR count). The van der Waals surface area contributed by atoms with Gasteiger partial charge in [0.25, 0.3) is 0 Å². The maximum absolute atomic E-state index is 13.4. The number of ether oxygens (including phenoxy) is 1. The van der Waals surface area contributed by atoms with Crippen LogP contribution in [0.3, 0.4) is 0 Å². The van der Waals surface area contributed by atoms with Crippen molar-refractivity contribution < 1.29 is 31.5 Å². The van der Waals surface area contributed by atoms with Crippen LogP contribution in [0.1, 0.15) is 11.1 Å². The van der Waals surface area contributed by atoms with Crippen molar-refractivity contribution in [3.63, 3.8) is 0 Å². The third-order valence-electron chi connectivity index (χ3n) is 2.89. The molecule has 2 aromatic carbocycles. The summed E-state index contributed by atoms with van der Waals surface area (Å²) < 4.78 is 70.3.